The molecule has 0 spiro atoms. The van der Waals surface area contributed by atoms with Crippen LogP contribution in [-0.4, -0.2) is 24.1 Å². The first kappa shape index (κ1) is 16.4. The molecule has 0 unspecified atom stereocenters. The highest BCUT2D eigenvalue weighted by Gasteiger charge is 2.16. The second-order valence-corrected chi connectivity index (χ2v) is 6.08. The predicted molar refractivity (Wildman–Crippen MR) is 93.2 cm³/mol. The summed E-state index contributed by atoms with van der Waals surface area (Å²) in [5, 5.41) is 0. The molecule has 4 nitrogen and oxygen atoms in total. The van der Waals surface area contributed by atoms with Crippen LogP contribution in [0.5, 0.6) is 11.5 Å². The number of ether oxygens (including phenoxy) is 2. The van der Waals surface area contributed by atoms with E-state index in [2.05, 4.69) is 31.2 Å². The van der Waals surface area contributed by atoms with Gasteiger partial charge in [-0.3, -0.25) is 4.79 Å². The maximum atomic E-state index is 12.5. The van der Waals surface area contributed by atoms with E-state index in [1.54, 1.807) is 0 Å². The summed E-state index contributed by atoms with van der Waals surface area (Å²) in [7, 11) is 0. The van der Waals surface area contributed by atoms with Crippen LogP contribution in [0.25, 0.3) is 0 Å². The fraction of sp³-hybridized carbons (Fsp3) is 0.350. The number of hydrogen-bond acceptors (Lipinski definition) is 3. The molecule has 24 heavy (non-hydrogen) atoms. The summed E-state index contributed by atoms with van der Waals surface area (Å²) < 4.78 is 10.7. The molecule has 2 aromatic carbocycles. The summed E-state index contributed by atoms with van der Waals surface area (Å²) in [4.78, 5) is 14.4. The fourth-order valence-electron chi connectivity index (χ4n) is 2.80. The van der Waals surface area contributed by atoms with Crippen molar-refractivity contribution in [1.82, 2.24) is 4.90 Å². The number of aryl methyl sites for hydroxylation is 2. The Kier molecular flexibility index (Phi) is 5.04. The SMILES string of the molecule is CCN(Cc1ccc2c(c1)OCO2)C(=O)CCc1ccc(C)cc1. The number of rotatable bonds is 6. The number of carbonyl (C=O) groups is 1. The molecule has 0 aromatic heterocycles. The van der Waals surface area contributed by atoms with Crippen LogP contribution in [-0.2, 0) is 17.8 Å². The molecule has 0 atom stereocenters. The number of fused-ring (bicyclic) bond motifs is 1. The van der Waals surface area contributed by atoms with Crippen LogP contribution >= 0.6 is 0 Å². The van der Waals surface area contributed by atoms with Gasteiger partial charge in [0.05, 0.1) is 0 Å². The van der Waals surface area contributed by atoms with Gasteiger partial charge >= 0.3 is 0 Å². The molecule has 1 heterocycles. The highest BCUT2D eigenvalue weighted by Crippen LogP contribution is 2.32. The molecule has 0 N–H and O–H groups in total. The minimum atomic E-state index is 0.177. The van der Waals surface area contributed by atoms with Crippen molar-refractivity contribution >= 4 is 5.91 Å². The summed E-state index contributed by atoms with van der Waals surface area (Å²) in [6.45, 7) is 5.64. The minimum absolute atomic E-state index is 0.177. The van der Waals surface area contributed by atoms with Gasteiger partial charge in [-0.05, 0) is 43.5 Å². The van der Waals surface area contributed by atoms with Gasteiger partial charge < -0.3 is 14.4 Å². The van der Waals surface area contributed by atoms with E-state index in [-0.39, 0.29) is 12.7 Å². The lowest BCUT2D eigenvalue weighted by Gasteiger charge is -2.21. The molecule has 0 bridgehead atoms. The van der Waals surface area contributed by atoms with Gasteiger partial charge in [-0.15, -0.1) is 0 Å². The maximum Gasteiger partial charge on any atom is 0.231 e. The van der Waals surface area contributed by atoms with Crippen LogP contribution < -0.4 is 9.47 Å². The monoisotopic (exact) mass is 325 g/mol. The Morgan fingerprint density at radius 3 is 2.50 bits per heavy atom. The summed E-state index contributed by atoms with van der Waals surface area (Å²) in [5.41, 5.74) is 3.50. The molecule has 1 aliphatic rings. The Morgan fingerprint density at radius 1 is 1.04 bits per heavy atom. The lowest BCUT2D eigenvalue weighted by molar-refractivity contribution is -0.131. The van der Waals surface area contributed by atoms with Gasteiger partial charge in [-0.2, -0.15) is 0 Å². The number of benzene rings is 2. The van der Waals surface area contributed by atoms with Crippen molar-refractivity contribution in [3.63, 3.8) is 0 Å². The van der Waals surface area contributed by atoms with Crippen molar-refractivity contribution in [2.45, 2.75) is 33.2 Å². The highest BCUT2D eigenvalue weighted by molar-refractivity contribution is 5.76. The van der Waals surface area contributed by atoms with Crippen LogP contribution in [0.2, 0.25) is 0 Å². The van der Waals surface area contributed by atoms with E-state index in [9.17, 15) is 4.79 Å². The molecule has 3 rings (SSSR count). The van der Waals surface area contributed by atoms with Gasteiger partial charge in [0.15, 0.2) is 11.5 Å². The van der Waals surface area contributed by atoms with E-state index in [1.807, 2.05) is 30.0 Å². The molecule has 1 aliphatic heterocycles. The third kappa shape index (κ3) is 3.88. The molecular formula is C20H23NO3. The van der Waals surface area contributed by atoms with Crippen molar-refractivity contribution in [1.29, 1.82) is 0 Å². The van der Waals surface area contributed by atoms with Crippen LogP contribution in [0.15, 0.2) is 42.5 Å². The van der Waals surface area contributed by atoms with Crippen LogP contribution in [0.4, 0.5) is 0 Å². The van der Waals surface area contributed by atoms with Gasteiger partial charge in [0.2, 0.25) is 12.7 Å². The Balaban J connectivity index is 1.58. The zero-order valence-corrected chi connectivity index (χ0v) is 14.2. The van der Waals surface area contributed by atoms with Crippen molar-refractivity contribution in [2.24, 2.45) is 0 Å². The fourth-order valence-corrected chi connectivity index (χ4v) is 2.80. The molecule has 0 radical (unpaired) electrons. The van der Waals surface area contributed by atoms with Crippen molar-refractivity contribution in [3.8, 4) is 11.5 Å². The smallest absolute Gasteiger partial charge is 0.231 e. The number of amides is 1. The van der Waals surface area contributed by atoms with Gasteiger partial charge in [0.25, 0.3) is 0 Å². The van der Waals surface area contributed by atoms with E-state index < -0.39 is 0 Å². The van der Waals surface area contributed by atoms with Gasteiger partial charge in [0, 0.05) is 19.5 Å². The molecule has 1 amide bonds. The standard InChI is InChI=1S/C20H23NO3/c1-3-21(13-17-8-10-18-19(12-17)24-14-23-18)20(22)11-9-16-6-4-15(2)5-7-16/h4-8,10,12H,3,9,11,13-14H2,1-2H3. The lowest BCUT2D eigenvalue weighted by Crippen LogP contribution is -2.30. The Hall–Kier alpha value is -2.49. The van der Waals surface area contributed by atoms with E-state index in [4.69, 9.17) is 9.47 Å². The molecule has 0 saturated carbocycles. The average molecular weight is 325 g/mol. The zero-order chi connectivity index (χ0) is 16.9. The van der Waals surface area contributed by atoms with E-state index >= 15 is 0 Å². The second kappa shape index (κ2) is 7.39. The molecule has 4 heteroatoms. The number of hydrogen-bond donors (Lipinski definition) is 0. The number of nitrogens with zero attached hydrogens (tertiary/aromatic N) is 1. The minimum Gasteiger partial charge on any atom is -0.454 e. The largest absolute Gasteiger partial charge is 0.454 e. The summed E-state index contributed by atoms with van der Waals surface area (Å²) in [5.74, 6) is 1.71. The molecule has 0 aliphatic carbocycles. The summed E-state index contributed by atoms with van der Waals surface area (Å²) in [6, 6.07) is 14.2. The maximum absolute atomic E-state index is 12.5. The van der Waals surface area contributed by atoms with Gasteiger partial charge in [-0.1, -0.05) is 35.9 Å². The van der Waals surface area contributed by atoms with Crippen molar-refractivity contribution < 1.29 is 14.3 Å². The molecule has 2 aromatic rings. The van der Waals surface area contributed by atoms with E-state index in [0.717, 1.165) is 23.5 Å². The summed E-state index contributed by atoms with van der Waals surface area (Å²) in [6.07, 6.45) is 1.30. The normalized spacial score (nSPS) is 12.2. The zero-order valence-electron chi connectivity index (χ0n) is 14.2. The Bertz CT molecular complexity index is 709. The Labute approximate surface area is 143 Å². The second-order valence-electron chi connectivity index (χ2n) is 6.08. The first-order valence-electron chi connectivity index (χ1n) is 8.37. The predicted octanol–water partition coefficient (Wildman–Crippen LogP) is 3.71. The van der Waals surface area contributed by atoms with Crippen molar-refractivity contribution in [2.75, 3.05) is 13.3 Å². The molecule has 0 fully saturated rings. The first-order valence-corrected chi connectivity index (χ1v) is 8.37. The third-order valence-electron chi connectivity index (χ3n) is 4.29. The third-order valence-corrected chi connectivity index (χ3v) is 4.29. The van der Waals surface area contributed by atoms with Crippen molar-refractivity contribution in [3.05, 3.63) is 59.2 Å². The summed E-state index contributed by atoms with van der Waals surface area (Å²) >= 11 is 0. The average Bonchev–Trinajstić information content (AvgIpc) is 3.06. The highest BCUT2D eigenvalue weighted by atomic mass is 16.7. The molecule has 126 valence electrons. The molecular weight excluding hydrogens is 302 g/mol. The number of carbonyl (C=O) groups excluding carboxylic acids is 1. The Morgan fingerprint density at radius 2 is 1.75 bits per heavy atom. The first-order chi connectivity index (χ1) is 11.7. The topological polar surface area (TPSA) is 38.8 Å². The quantitative estimate of drug-likeness (QED) is 0.813. The molecule has 0 saturated heterocycles. The van der Waals surface area contributed by atoms with E-state index in [0.29, 0.717) is 19.5 Å². The van der Waals surface area contributed by atoms with Crippen LogP contribution in [0, 0.1) is 6.92 Å². The van der Waals surface area contributed by atoms with Gasteiger partial charge in [0.1, 0.15) is 0 Å². The lowest BCUT2D eigenvalue weighted by atomic mass is 10.1. The van der Waals surface area contributed by atoms with Gasteiger partial charge in [-0.25, -0.2) is 0 Å². The van der Waals surface area contributed by atoms with Crippen LogP contribution in [0.3, 0.4) is 0 Å². The van der Waals surface area contributed by atoms with Crippen LogP contribution in [0.1, 0.15) is 30.0 Å². The van der Waals surface area contributed by atoms with E-state index in [1.165, 1.54) is 11.1 Å².